The molecule has 0 aromatic heterocycles. The molecule has 5 saturated carbocycles. The SMILES string of the molecule is C=C(C)[C@@H]1CC[C@]2(C(=O)NCc3cccc(C(=O)NCc4cccc(C(=O)O)c4C)c3)CC[C@]3(C)C(CCC4[C@@]5(C)CC[C@H](O)C(C)(C)C5CC[C@]43C)C12. The van der Waals surface area contributed by atoms with Gasteiger partial charge in [0.05, 0.1) is 17.1 Å². The number of hydrogen-bond donors (Lipinski definition) is 4. The van der Waals surface area contributed by atoms with E-state index in [0.29, 0.717) is 41.3 Å². The quantitative estimate of drug-likeness (QED) is 0.202. The second-order valence-corrected chi connectivity index (χ2v) is 19.7. The van der Waals surface area contributed by atoms with Gasteiger partial charge in [-0.1, -0.05) is 71.0 Å². The number of aliphatic hydroxyl groups excluding tert-OH is 1. The van der Waals surface area contributed by atoms with Crippen LogP contribution in [0.3, 0.4) is 0 Å². The summed E-state index contributed by atoms with van der Waals surface area (Å²) in [4.78, 5) is 39.5. The normalized spacial score (nSPS) is 37.9. The van der Waals surface area contributed by atoms with Crippen molar-refractivity contribution in [3.05, 3.63) is 82.4 Å². The zero-order valence-electron chi connectivity index (χ0n) is 33.8. The van der Waals surface area contributed by atoms with Gasteiger partial charge in [0.2, 0.25) is 5.91 Å². The highest BCUT2D eigenvalue weighted by molar-refractivity contribution is 5.94. The molecule has 5 aliphatic carbocycles. The minimum Gasteiger partial charge on any atom is -0.478 e. The van der Waals surface area contributed by atoms with Gasteiger partial charge in [0.1, 0.15) is 0 Å². The lowest BCUT2D eigenvalue weighted by atomic mass is 9.32. The van der Waals surface area contributed by atoms with Crippen LogP contribution in [-0.4, -0.2) is 34.1 Å². The van der Waals surface area contributed by atoms with Crippen LogP contribution in [-0.2, 0) is 17.9 Å². The number of aromatic carboxylic acids is 1. The number of benzene rings is 2. The summed E-state index contributed by atoms with van der Waals surface area (Å²) in [6.07, 6.45) is 10.4. The van der Waals surface area contributed by atoms with Crippen LogP contribution in [0.2, 0.25) is 0 Å². The first-order valence-corrected chi connectivity index (χ1v) is 20.7. The number of carbonyl (C=O) groups is 3. The second kappa shape index (κ2) is 13.6. The van der Waals surface area contributed by atoms with Crippen molar-refractivity contribution < 1.29 is 24.6 Å². The smallest absolute Gasteiger partial charge is 0.335 e. The zero-order chi connectivity index (χ0) is 39.0. The van der Waals surface area contributed by atoms with Gasteiger partial charge in [0.15, 0.2) is 0 Å². The molecule has 0 radical (unpaired) electrons. The molecular formula is C47H64N2O5. The highest BCUT2D eigenvalue weighted by Gasteiger charge is 2.71. The lowest BCUT2D eigenvalue weighted by Crippen LogP contribution is -2.67. The molecule has 7 heteroatoms. The molecule has 2 amide bonds. The summed E-state index contributed by atoms with van der Waals surface area (Å²) >= 11 is 0. The van der Waals surface area contributed by atoms with Crippen molar-refractivity contribution in [1.29, 1.82) is 0 Å². The van der Waals surface area contributed by atoms with Gasteiger partial charge in [-0.15, -0.1) is 0 Å². The Balaban J connectivity index is 1.08. The maximum absolute atomic E-state index is 14.7. The number of nitrogens with one attached hydrogen (secondary N) is 2. The van der Waals surface area contributed by atoms with Crippen LogP contribution in [0.1, 0.15) is 143 Å². The topological polar surface area (TPSA) is 116 Å². The van der Waals surface area contributed by atoms with E-state index in [0.717, 1.165) is 56.1 Å². The molecule has 4 unspecified atom stereocenters. The number of carbonyl (C=O) groups excluding carboxylic acids is 2. The Kier molecular flexibility index (Phi) is 9.80. The van der Waals surface area contributed by atoms with E-state index in [1.807, 2.05) is 24.3 Å². The molecule has 0 heterocycles. The van der Waals surface area contributed by atoms with Gasteiger partial charge in [-0.05, 0) is 164 Å². The van der Waals surface area contributed by atoms with E-state index in [4.69, 9.17) is 0 Å². The van der Waals surface area contributed by atoms with Crippen molar-refractivity contribution in [2.24, 2.45) is 56.7 Å². The summed E-state index contributed by atoms with van der Waals surface area (Å²) in [5.74, 6) is 1.13. The molecule has 0 saturated heterocycles. The van der Waals surface area contributed by atoms with Gasteiger partial charge >= 0.3 is 5.97 Å². The Bertz CT molecular complexity index is 1850. The van der Waals surface area contributed by atoms with Crippen molar-refractivity contribution in [2.45, 2.75) is 132 Å². The van der Waals surface area contributed by atoms with Crippen molar-refractivity contribution in [1.82, 2.24) is 10.6 Å². The van der Waals surface area contributed by atoms with Gasteiger partial charge in [-0.2, -0.15) is 0 Å². The van der Waals surface area contributed by atoms with Crippen LogP contribution in [0.4, 0.5) is 0 Å². The Morgan fingerprint density at radius 1 is 0.815 bits per heavy atom. The summed E-state index contributed by atoms with van der Waals surface area (Å²) in [7, 11) is 0. The fourth-order valence-corrected chi connectivity index (χ4v) is 14.1. The summed E-state index contributed by atoms with van der Waals surface area (Å²) < 4.78 is 0. The van der Waals surface area contributed by atoms with E-state index in [2.05, 4.69) is 58.8 Å². The van der Waals surface area contributed by atoms with Crippen LogP contribution in [0, 0.1) is 63.6 Å². The molecule has 0 bridgehead atoms. The third-order valence-corrected chi connectivity index (χ3v) is 17.3. The molecule has 54 heavy (non-hydrogen) atoms. The van der Waals surface area contributed by atoms with Crippen molar-refractivity contribution in [3.63, 3.8) is 0 Å². The zero-order valence-corrected chi connectivity index (χ0v) is 33.8. The second-order valence-electron chi connectivity index (χ2n) is 19.7. The number of carboxylic acids is 1. The minimum atomic E-state index is -0.986. The van der Waals surface area contributed by atoms with E-state index in [1.54, 1.807) is 25.1 Å². The third kappa shape index (κ3) is 5.80. The molecular weight excluding hydrogens is 673 g/mol. The molecule has 7 rings (SSSR count). The van der Waals surface area contributed by atoms with Crippen LogP contribution >= 0.6 is 0 Å². The van der Waals surface area contributed by atoms with Crippen LogP contribution < -0.4 is 10.6 Å². The number of aliphatic hydroxyl groups is 1. The van der Waals surface area contributed by atoms with Gasteiger partial charge < -0.3 is 20.8 Å². The average Bonchev–Trinajstić information content (AvgIpc) is 3.53. The average molecular weight is 737 g/mol. The molecule has 2 aromatic rings. The first kappa shape index (κ1) is 38.8. The predicted octanol–water partition coefficient (Wildman–Crippen LogP) is 9.26. The monoisotopic (exact) mass is 736 g/mol. The maximum Gasteiger partial charge on any atom is 0.335 e. The molecule has 292 valence electrons. The molecule has 0 aliphatic heterocycles. The summed E-state index contributed by atoms with van der Waals surface area (Å²) in [6.45, 7) is 21.5. The molecule has 5 aliphatic rings. The van der Waals surface area contributed by atoms with Crippen molar-refractivity contribution in [3.8, 4) is 0 Å². The summed E-state index contributed by atoms with van der Waals surface area (Å²) in [5, 5.41) is 26.9. The Morgan fingerprint density at radius 3 is 2.28 bits per heavy atom. The molecule has 2 aromatic carbocycles. The van der Waals surface area contributed by atoms with E-state index in [-0.39, 0.29) is 57.6 Å². The first-order chi connectivity index (χ1) is 25.4. The van der Waals surface area contributed by atoms with Gasteiger partial charge in [0.25, 0.3) is 5.91 Å². The molecule has 0 spiro atoms. The minimum absolute atomic E-state index is 0.0686. The molecule has 10 atom stereocenters. The van der Waals surface area contributed by atoms with E-state index >= 15 is 0 Å². The van der Waals surface area contributed by atoms with Crippen LogP contribution in [0.5, 0.6) is 0 Å². The van der Waals surface area contributed by atoms with E-state index in [1.165, 1.54) is 24.8 Å². The van der Waals surface area contributed by atoms with Gasteiger partial charge in [-0.25, -0.2) is 4.79 Å². The first-order valence-electron chi connectivity index (χ1n) is 20.7. The van der Waals surface area contributed by atoms with Gasteiger partial charge in [-0.3, -0.25) is 9.59 Å². The highest BCUT2D eigenvalue weighted by Crippen LogP contribution is 2.77. The van der Waals surface area contributed by atoms with Gasteiger partial charge in [0, 0.05) is 18.7 Å². The van der Waals surface area contributed by atoms with E-state index in [9.17, 15) is 24.6 Å². The fourth-order valence-electron chi connectivity index (χ4n) is 14.1. The summed E-state index contributed by atoms with van der Waals surface area (Å²) in [5.41, 5.74) is 4.27. The standard InChI is InChI=1S/C47H64N2O5/c1-28(2)33-17-22-47(42(54)49-26-30-11-9-12-31(25-30)40(51)48-27-32-13-10-14-34(29(32)3)41(52)53)24-23-45(7)35(39(33)47)15-16-37-44(6)20-19-38(50)43(4,5)36(44)18-21-46(37,45)8/h9-14,25,33,35-39,50H,1,15-24,26-27H2,2-8H3,(H,48,51)(H,49,54)(H,52,53)/t33-,35?,36?,37?,38-,39?,44-,45+,46+,47-/m0/s1. The Labute approximate surface area is 323 Å². The highest BCUT2D eigenvalue weighted by atomic mass is 16.4. The Hall–Kier alpha value is -3.45. The summed E-state index contributed by atoms with van der Waals surface area (Å²) in [6, 6.07) is 12.5. The molecule has 5 fully saturated rings. The largest absolute Gasteiger partial charge is 0.478 e. The predicted molar refractivity (Wildman–Crippen MR) is 213 cm³/mol. The number of carboxylic acid groups (broad SMARTS) is 1. The lowest BCUT2D eigenvalue weighted by molar-refractivity contribution is -0.246. The number of amides is 2. The lowest BCUT2D eigenvalue weighted by Gasteiger charge is -2.72. The van der Waals surface area contributed by atoms with Crippen LogP contribution in [0.15, 0.2) is 54.6 Å². The van der Waals surface area contributed by atoms with Crippen molar-refractivity contribution in [2.75, 3.05) is 0 Å². The number of hydrogen-bond acceptors (Lipinski definition) is 4. The van der Waals surface area contributed by atoms with Crippen LogP contribution in [0.25, 0.3) is 0 Å². The molecule has 4 N–H and O–H groups in total. The fraction of sp³-hybridized carbons (Fsp3) is 0.638. The molecule has 7 nitrogen and oxygen atoms in total. The van der Waals surface area contributed by atoms with Crippen molar-refractivity contribution >= 4 is 17.8 Å². The Morgan fingerprint density at radius 2 is 1.56 bits per heavy atom. The third-order valence-electron chi connectivity index (χ3n) is 17.3. The number of fused-ring (bicyclic) bond motifs is 7. The number of allylic oxidation sites excluding steroid dienone is 1. The van der Waals surface area contributed by atoms with E-state index < -0.39 is 11.4 Å². The number of rotatable bonds is 8. The maximum atomic E-state index is 14.7.